The van der Waals surface area contributed by atoms with Crippen LogP contribution in [0.4, 0.5) is 32.0 Å². The summed E-state index contributed by atoms with van der Waals surface area (Å²) in [6.45, 7) is 4.31. The molecule has 0 atom stereocenters. The van der Waals surface area contributed by atoms with Gasteiger partial charge in [0.25, 0.3) is 0 Å². The number of anilines is 1. The number of H-pyrrole nitrogens is 1. The summed E-state index contributed by atoms with van der Waals surface area (Å²) in [7, 11) is 0. The smallest absolute Gasteiger partial charge is 0.475 e. The van der Waals surface area contributed by atoms with Crippen LogP contribution in [0.25, 0.3) is 0 Å². The summed E-state index contributed by atoms with van der Waals surface area (Å²) in [5.41, 5.74) is 1.20. The Labute approximate surface area is 136 Å². The van der Waals surface area contributed by atoms with Crippen molar-refractivity contribution in [3.05, 3.63) is 12.4 Å². The third-order valence-electron chi connectivity index (χ3n) is 2.45. The van der Waals surface area contributed by atoms with Crippen molar-refractivity contribution in [2.75, 3.05) is 31.1 Å². The van der Waals surface area contributed by atoms with Gasteiger partial charge >= 0.3 is 24.3 Å². The first-order valence-corrected chi connectivity index (χ1v) is 6.40. The first-order valence-electron chi connectivity index (χ1n) is 6.40. The summed E-state index contributed by atoms with van der Waals surface area (Å²) in [4.78, 5) is 20.1. The maximum atomic E-state index is 10.6. The number of carboxylic acid groups (broad SMARTS) is 2. The van der Waals surface area contributed by atoms with Gasteiger partial charge in [-0.2, -0.15) is 31.4 Å². The highest BCUT2D eigenvalue weighted by Crippen LogP contribution is 2.13. The molecular weight excluding hydrogens is 366 g/mol. The minimum atomic E-state index is -5.08. The van der Waals surface area contributed by atoms with Gasteiger partial charge in [-0.05, 0) is 0 Å². The molecule has 1 fully saturated rings. The lowest BCUT2D eigenvalue weighted by Crippen LogP contribution is -2.43. The molecule has 144 valence electrons. The number of aromatic nitrogens is 2. The fourth-order valence-corrected chi connectivity index (χ4v) is 1.34. The quantitative estimate of drug-likeness (QED) is 0.539. The van der Waals surface area contributed by atoms with Crippen molar-refractivity contribution in [2.24, 2.45) is 0 Å². The number of nitrogens with one attached hydrogen (secondary N) is 2. The Hall–Kier alpha value is -2.51. The lowest BCUT2D eigenvalue weighted by Gasteiger charge is -2.27. The molecule has 0 unspecified atom stereocenters. The van der Waals surface area contributed by atoms with Crippen molar-refractivity contribution in [1.29, 1.82) is 0 Å². The van der Waals surface area contributed by atoms with Crippen LogP contribution in [0.15, 0.2) is 12.4 Å². The largest absolute Gasteiger partial charge is 0.490 e. The topological polar surface area (TPSA) is 119 Å². The van der Waals surface area contributed by atoms with Crippen LogP contribution in [0.5, 0.6) is 0 Å². The molecule has 1 aromatic heterocycles. The molecule has 25 heavy (non-hydrogen) atoms. The molecule has 0 spiro atoms. The van der Waals surface area contributed by atoms with Crippen LogP contribution in [0.3, 0.4) is 0 Å². The van der Waals surface area contributed by atoms with E-state index in [4.69, 9.17) is 19.8 Å². The monoisotopic (exact) mass is 380 g/mol. The van der Waals surface area contributed by atoms with Crippen LogP contribution in [0, 0.1) is 0 Å². The minimum Gasteiger partial charge on any atom is -0.475 e. The Morgan fingerprint density at radius 1 is 1.00 bits per heavy atom. The predicted octanol–water partition coefficient (Wildman–Crippen LogP) is 1.09. The molecular formula is C11H14F6N4O4. The standard InChI is InChI=1S/C7H12N4.2C2HF3O2/c1-3-11(4-2-8-1)7-5-9-10-6-7;2*3-2(4,5)1(6)7/h5-6,8H,1-4H2,(H,9,10);2*(H,6,7). The minimum absolute atomic E-state index is 1.07. The van der Waals surface area contributed by atoms with Gasteiger partial charge in [-0.25, -0.2) is 9.59 Å². The Kier molecular flexibility index (Phi) is 8.73. The SMILES string of the molecule is O=C(O)C(F)(F)F.O=C(O)C(F)(F)F.c1n[nH]cc1N1CCNCC1. The normalized spacial score (nSPS) is 14.6. The van der Waals surface area contributed by atoms with E-state index in [-0.39, 0.29) is 0 Å². The van der Waals surface area contributed by atoms with Crippen LogP contribution >= 0.6 is 0 Å². The third kappa shape index (κ3) is 10.1. The summed E-state index contributed by atoms with van der Waals surface area (Å²) in [6.07, 6.45) is -6.36. The first kappa shape index (κ1) is 22.5. The van der Waals surface area contributed by atoms with Crippen LogP contribution < -0.4 is 10.2 Å². The lowest BCUT2D eigenvalue weighted by molar-refractivity contribution is -0.193. The summed E-state index contributed by atoms with van der Waals surface area (Å²) < 4.78 is 63.5. The summed E-state index contributed by atoms with van der Waals surface area (Å²) in [6, 6.07) is 0. The van der Waals surface area contributed by atoms with E-state index in [0.29, 0.717) is 0 Å². The zero-order valence-corrected chi connectivity index (χ0v) is 12.4. The van der Waals surface area contributed by atoms with Crippen molar-refractivity contribution >= 4 is 17.6 Å². The lowest BCUT2D eigenvalue weighted by atomic mass is 10.3. The molecule has 1 aliphatic heterocycles. The zero-order chi connectivity index (χ0) is 19.7. The maximum absolute atomic E-state index is 10.6. The Morgan fingerprint density at radius 3 is 1.68 bits per heavy atom. The average molecular weight is 380 g/mol. The van der Waals surface area contributed by atoms with E-state index in [9.17, 15) is 26.3 Å². The van der Waals surface area contributed by atoms with Crippen molar-refractivity contribution in [2.45, 2.75) is 12.4 Å². The van der Waals surface area contributed by atoms with Crippen LogP contribution in [-0.4, -0.2) is 70.9 Å². The number of nitrogens with zero attached hydrogens (tertiary/aromatic N) is 2. The number of carboxylic acids is 2. The van der Waals surface area contributed by atoms with Crippen LogP contribution in [0.1, 0.15) is 0 Å². The number of aliphatic carboxylic acids is 2. The Balaban J connectivity index is 0.000000366. The van der Waals surface area contributed by atoms with E-state index in [1.165, 1.54) is 5.69 Å². The number of alkyl halides is 6. The summed E-state index contributed by atoms with van der Waals surface area (Å²) in [5, 5.41) is 24.3. The molecule has 1 aliphatic rings. The number of hydrogen-bond acceptors (Lipinski definition) is 5. The summed E-state index contributed by atoms with van der Waals surface area (Å²) >= 11 is 0. The van der Waals surface area contributed by atoms with E-state index >= 15 is 0 Å². The number of halogens is 6. The number of hydrogen-bond donors (Lipinski definition) is 4. The fraction of sp³-hybridized carbons (Fsp3) is 0.545. The average Bonchev–Trinajstić information content (AvgIpc) is 3.01. The molecule has 2 heterocycles. The highest BCUT2D eigenvalue weighted by molar-refractivity contribution is 5.73. The van der Waals surface area contributed by atoms with Crippen molar-refractivity contribution in [1.82, 2.24) is 15.5 Å². The van der Waals surface area contributed by atoms with Gasteiger partial charge in [0.2, 0.25) is 0 Å². The van der Waals surface area contributed by atoms with Crippen LogP contribution in [0.2, 0.25) is 0 Å². The molecule has 2 rings (SSSR count). The second-order valence-electron chi connectivity index (χ2n) is 4.30. The number of aromatic amines is 1. The van der Waals surface area contributed by atoms with Gasteiger partial charge < -0.3 is 20.4 Å². The van der Waals surface area contributed by atoms with E-state index < -0.39 is 24.3 Å². The van der Waals surface area contributed by atoms with Crippen molar-refractivity contribution in [3.8, 4) is 0 Å². The highest BCUT2D eigenvalue weighted by Gasteiger charge is 2.38. The van der Waals surface area contributed by atoms with Gasteiger partial charge in [0.05, 0.1) is 11.9 Å². The van der Waals surface area contributed by atoms with Gasteiger partial charge in [-0.1, -0.05) is 0 Å². The van der Waals surface area contributed by atoms with E-state index in [1.807, 2.05) is 12.4 Å². The Bertz CT molecular complexity index is 502. The molecule has 1 aromatic rings. The first-order chi connectivity index (χ1) is 11.4. The molecule has 8 nitrogen and oxygen atoms in total. The molecule has 14 heteroatoms. The van der Waals surface area contributed by atoms with Crippen molar-refractivity contribution < 1.29 is 46.1 Å². The number of piperazine rings is 1. The van der Waals surface area contributed by atoms with Gasteiger partial charge in [0.15, 0.2) is 0 Å². The highest BCUT2D eigenvalue weighted by atomic mass is 19.4. The molecule has 0 aliphatic carbocycles. The Morgan fingerprint density at radius 2 is 1.40 bits per heavy atom. The van der Waals surface area contributed by atoms with Gasteiger partial charge in [-0.3, -0.25) is 5.10 Å². The number of carbonyl (C=O) groups is 2. The zero-order valence-electron chi connectivity index (χ0n) is 12.4. The maximum Gasteiger partial charge on any atom is 0.490 e. The van der Waals surface area contributed by atoms with E-state index in [0.717, 1.165) is 26.2 Å². The molecule has 1 saturated heterocycles. The second-order valence-corrected chi connectivity index (χ2v) is 4.30. The van der Waals surface area contributed by atoms with E-state index in [2.05, 4.69) is 20.4 Å². The van der Waals surface area contributed by atoms with Gasteiger partial charge in [-0.15, -0.1) is 0 Å². The second kappa shape index (κ2) is 9.71. The molecule has 0 radical (unpaired) electrons. The molecule has 0 saturated carbocycles. The summed E-state index contributed by atoms with van der Waals surface area (Å²) in [5.74, 6) is -5.51. The molecule has 4 N–H and O–H groups in total. The number of rotatable bonds is 1. The fourth-order valence-electron chi connectivity index (χ4n) is 1.34. The van der Waals surface area contributed by atoms with Crippen molar-refractivity contribution in [3.63, 3.8) is 0 Å². The molecule has 0 amide bonds. The molecule has 0 bridgehead atoms. The van der Waals surface area contributed by atoms with Gasteiger partial charge in [0.1, 0.15) is 0 Å². The van der Waals surface area contributed by atoms with E-state index in [1.54, 1.807) is 0 Å². The molecule has 0 aromatic carbocycles. The van der Waals surface area contributed by atoms with Gasteiger partial charge in [0, 0.05) is 32.4 Å². The third-order valence-corrected chi connectivity index (χ3v) is 2.45. The predicted molar refractivity (Wildman–Crippen MR) is 71.1 cm³/mol. The van der Waals surface area contributed by atoms with Crippen LogP contribution in [-0.2, 0) is 9.59 Å².